The Balaban J connectivity index is 1.62. The summed E-state index contributed by atoms with van der Waals surface area (Å²) in [7, 11) is 0. The van der Waals surface area contributed by atoms with Gasteiger partial charge in [0, 0.05) is 47.9 Å². The van der Waals surface area contributed by atoms with E-state index in [1.807, 2.05) is 22.1 Å². The lowest BCUT2D eigenvalue weighted by Gasteiger charge is -2.07. The van der Waals surface area contributed by atoms with Gasteiger partial charge in [-0.3, -0.25) is 18.7 Å². The van der Waals surface area contributed by atoms with Crippen molar-refractivity contribution < 1.29 is 0 Å². The number of thioether (sulfide) groups is 1. The first-order valence-corrected chi connectivity index (χ1v) is 9.66. The van der Waals surface area contributed by atoms with E-state index < -0.39 is 0 Å². The van der Waals surface area contributed by atoms with Gasteiger partial charge in [0.15, 0.2) is 15.9 Å². The zero-order valence-corrected chi connectivity index (χ0v) is 15.3. The zero-order chi connectivity index (χ0) is 17.9. The molecule has 0 aliphatic carbocycles. The summed E-state index contributed by atoms with van der Waals surface area (Å²) in [6, 6.07) is 5.35. The van der Waals surface area contributed by atoms with Gasteiger partial charge in [0.2, 0.25) is 0 Å². The second-order valence-electron chi connectivity index (χ2n) is 5.37. The summed E-state index contributed by atoms with van der Waals surface area (Å²) in [6.07, 6.45) is 6.99. The SMILES string of the molecule is C=CCn1c(SCc2cc(=O)n3ccsc3n2)nnc1-c1ccncc1. The molecule has 0 bridgehead atoms. The average molecular weight is 382 g/mol. The Bertz CT molecular complexity index is 1120. The van der Waals surface area contributed by atoms with Crippen molar-refractivity contribution in [1.82, 2.24) is 29.1 Å². The highest BCUT2D eigenvalue weighted by atomic mass is 32.2. The molecule has 0 aromatic carbocycles. The summed E-state index contributed by atoms with van der Waals surface area (Å²) in [5.74, 6) is 1.30. The minimum atomic E-state index is -0.0723. The van der Waals surface area contributed by atoms with Crippen LogP contribution in [0, 0.1) is 0 Å². The molecule has 0 amide bonds. The Kier molecular flexibility index (Phi) is 4.63. The topological polar surface area (TPSA) is 78.0 Å². The molecule has 0 radical (unpaired) electrons. The number of nitrogens with zero attached hydrogens (tertiary/aromatic N) is 6. The van der Waals surface area contributed by atoms with Crippen LogP contribution in [0.1, 0.15) is 5.69 Å². The molecule has 0 saturated carbocycles. The number of hydrogen-bond acceptors (Lipinski definition) is 7. The van der Waals surface area contributed by atoms with E-state index in [-0.39, 0.29) is 5.56 Å². The number of allylic oxidation sites excluding steroid dienone is 1. The van der Waals surface area contributed by atoms with E-state index in [9.17, 15) is 4.79 Å². The van der Waals surface area contributed by atoms with Crippen molar-refractivity contribution in [3.63, 3.8) is 0 Å². The highest BCUT2D eigenvalue weighted by Crippen LogP contribution is 2.25. The largest absolute Gasteiger partial charge is 0.298 e. The first kappa shape index (κ1) is 16.7. The maximum Gasteiger partial charge on any atom is 0.258 e. The lowest BCUT2D eigenvalue weighted by molar-refractivity contribution is 0.731. The van der Waals surface area contributed by atoms with Gasteiger partial charge >= 0.3 is 0 Å². The van der Waals surface area contributed by atoms with Gasteiger partial charge in [0.05, 0.1) is 5.69 Å². The second-order valence-corrected chi connectivity index (χ2v) is 7.19. The molecule has 4 rings (SSSR count). The van der Waals surface area contributed by atoms with Gasteiger partial charge in [-0.05, 0) is 12.1 Å². The van der Waals surface area contributed by atoms with Gasteiger partial charge in [0.1, 0.15) is 0 Å². The Morgan fingerprint density at radius 3 is 2.92 bits per heavy atom. The summed E-state index contributed by atoms with van der Waals surface area (Å²) < 4.78 is 3.53. The minimum Gasteiger partial charge on any atom is -0.298 e. The molecule has 130 valence electrons. The summed E-state index contributed by atoms with van der Waals surface area (Å²) in [6.45, 7) is 4.41. The zero-order valence-electron chi connectivity index (χ0n) is 13.6. The van der Waals surface area contributed by atoms with E-state index in [0.717, 1.165) is 22.2 Å². The van der Waals surface area contributed by atoms with E-state index in [2.05, 4.69) is 26.7 Å². The number of pyridine rings is 1. The molecule has 7 nitrogen and oxygen atoms in total. The third-order valence-electron chi connectivity index (χ3n) is 3.67. The van der Waals surface area contributed by atoms with E-state index in [1.165, 1.54) is 23.1 Å². The first-order valence-electron chi connectivity index (χ1n) is 7.79. The smallest absolute Gasteiger partial charge is 0.258 e. The highest BCUT2D eigenvalue weighted by Gasteiger charge is 2.14. The molecule has 0 saturated heterocycles. The fourth-order valence-electron chi connectivity index (χ4n) is 2.50. The van der Waals surface area contributed by atoms with Crippen LogP contribution in [0.15, 0.2) is 64.8 Å². The molecule has 4 aromatic rings. The Labute approximate surface area is 157 Å². The fraction of sp³-hybridized carbons (Fsp3) is 0.118. The number of thiazole rings is 1. The molecular weight excluding hydrogens is 368 g/mol. The summed E-state index contributed by atoms with van der Waals surface area (Å²) in [4.78, 5) is 21.4. The molecule has 0 atom stereocenters. The first-order chi connectivity index (χ1) is 12.8. The number of fused-ring (bicyclic) bond motifs is 1. The van der Waals surface area contributed by atoms with Gasteiger partial charge in [0.25, 0.3) is 5.56 Å². The molecule has 0 unspecified atom stereocenters. The van der Waals surface area contributed by atoms with Gasteiger partial charge < -0.3 is 0 Å². The van der Waals surface area contributed by atoms with Crippen molar-refractivity contribution in [2.24, 2.45) is 0 Å². The van der Waals surface area contributed by atoms with Crippen LogP contribution >= 0.6 is 23.1 Å². The van der Waals surface area contributed by atoms with Crippen LogP contribution in [0.4, 0.5) is 0 Å². The molecule has 9 heteroatoms. The highest BCUT2D eigenvalue weighted by molar-refractivity contribution is 7.98. The molecular formula is C17H14N6OS2. The van der Waals surface area contributed by atoms with Gasteiger partial charge in [-0.2, -0.15) is 0 Å². The van der Waals surface area contributed by atoms with Crippen LogP contribution in [0.2, 0.25) is 0 Å². The predicted octanol–water partition coefficient (Wildman–Crippen LogP) is 2.89. The van der Waals surface area contributed by atoms with Crippen molar-refractivity contribution in [1.29, 1.82) is 0 Å². The number of aromatic nitrogens is 6. The number of hydrogen-bond donors (Lipinski definition) is 0. The van der Waals surface area contributed by atoms with E-state index in [1.54, 1.807) is 35.1 Å². The molecule has 0 spiro atoms. The minimum absolute atomic E-state index is 0.0723. The molecule has 0 aliphatic heterocycles. The second kappa shape index (κ2) is 7.22. The molecule has 0 N–H and O–H groups in total. The van der Waals surface area contributed by atoms with Gasteiger partial charge in [-0.1, -0.05) is 17.8 Å². The van der Waals surface area contributed by atoms with Gasteiger partial charge in [-0.25, -0.2) is 4.98 Å². The Morgan fingerprint density at radius 1 is 1.27 bits per heavy atom. The van der Waals surface area contributed by atoms with Crippen molar-refractivity contribution in [2.45, 2.75) is 17.5 Å². The van der Waals surface area contributed by atoms with Gasteiger partial charge in [-0.15, -0.1) is 28.1 Å². The van der Waals surface area contributed by atoms with Crippen molar-refractivity contribution in [2.75, 3.05) is 0 Å². The van der Waals surface area contributed by atoms with E-state index in [4.69, 9.17) is 0 Å². The molecule has 0 aliphatic rings. The molecule has 4 heterocycles. The fourth-order valence-corrected chi connectivity index (χ4v) is 4.08. The third kappa shape index (κ3) is 3.18. The summed E-state index contributed by atoms with van der Waals surface area (Å²) in [5.41, 5.74) is 1.59. The quantitative estimate of drug-likeness (QED) is 0.377. The Morgan fingerprint density at radius 2 is 2.12 bits per heavy atom. The van der Waals surface area contributed by atoms with Crippen LogP contribution in [-0.4, -0.2) is 29.1 Å². The summed E-state index contributed by atoms with van der Waals surface area (Å²) in [5, 5.41) is 11.2. The standard InChI is InChI=1S/C17H14N6OS2/c1-2-7-23-15(12-3-5-18-6-4-12)20-21-17(23)26-11-13-10-14(24)22-8-9-25-16(22)19-13/h2-6,8-10H,1,7,11H2. The lowest BCUT2D eigenvalue weighted by Crippen LogP contribution is -2.12. The van der Waals surface area contributed by atoms with Crippen molar-refractivity contribution in [3.05, 3.63) is 70.9 Å². The third-order valence-corrected chi connectivity index (χ3v) is 5.43. The summed E-state index contributed by atoms with van der Waals surface area (Å²) >= 11 is 2.94. The van der Waals surface area contributed by atoms with E-state index >= 15 is 0 Å². The van der Waals surface area contributed by atoms with Crippen molar-refractivity contribution >= 4 is 28.1 Å². The van der Waals surface area contributed by atoms with Crippen LogP contribution in [0.25, 0.3) is 16.3 Å². The monoisotopic (exact) mass is 382 g/mol. The number of rotatable bonds is 6. The predicted molar refractivity (Wildman–Crippen MR) is 102 cm³/mol. The van der Waals surface area contributed by atoms with Crippen LogP contribution < -0.4 is 5.56 Å². The molecule has 4 aromatic heterocycles. The van der Waals surface area contributed by atoms with Crippen molar-refractivity contribution in [3.8, 4) is 11.4 Å². The van der Waals surface area contributed by atoms with Crippen LogP contribution in [0.5, 0.6) is 0 Å². The maximum absolute atomic E-state index is 12.1. The van der Waals surface area contributed by atoms with Crippen LogP contribution in [0.3, 0.4) is 0 Å². The molecule has 0 fully saturated rings. The Hall–Kier alpha value is -2.78. The van der Waals surface area contributed by atoms with E-state index in [0.29, 0.717) is 17.3 Å². The normalized spacial score (nSPS) is 11.1. The van der Waals surface area contributed by atoms with Crippen LogP contribution in [-0.2, 0) is 12.3 Å². The maximum atomic E-state index is 12.1. The molecule has 26 heavy (non-hydrogen) atoms. The lowest BCUT2D eigenvalue weighted by atomic mass is 10.2. The average Bonchev–Trinajstić information content (AvgIpc) is 3.28.